The first kappa shape index (κ1) is 23.4. The van der Waals surface area contributed by atoms with Crippen molar-refractivity contribution in [3.8, 4) is 22.8 Å². The summed E-state index contributed by atoms with van der Waals surface area (Å²) in [6.45, 7) is 0. The van der Waals surface area contributed by atoms with Crippen LogP contribution in [-0.2, 0) is 0 Å². The molecule has 0 bridgehead atoms. The van der Waals surface area contributed by atoms with E-state index in [4.69, 9.17) is 21.1 Å². The van der Waals surface area contributed by atoms with Crippen molar-refractivity contribution in [2.75, 3.05) is 5.32 Å². The lowest BCUT2D eigenvalue weighted by Gasteiger charge is -2.08. The maximum atomic E-state index is 12.6. The Morgan fingerprint density at radius 2 is 1.78 bits per heavy atom. The summed E-state index contributed by atoms with van der Waals surface area (Å²) >= 11 is 8.67. The number of hydrogen-bond donors (Lipinski definition) is 2. The fraction of sp³-hybridized carbons (Fsp3) is 0. The van der Waals surface area contributed by atoms with E-state index in [1.807, 2.05) is 24.3 Å². The van der Waals surface area contributed by atoms with E-state index >= 15 is 0 Å². The van der Waals surface area contributed by atoms with E-state index in [0.717, 1.165) is 10.0 Å². The topological polar surface area (TPSA) is 123 Å². The van der Waals surface area contributed by atoms with Gasteiger partial charge in [-0.1, -0.05) is 28.1 Å². The molecule has 9 nitrogen and oxygen atoms in total. The van der Waals surface area contributed by atoms with Crippen LogP contribution >= 0.6 is 28.1 Å². The average Bonchev–Trinajstić information content (AvgIpc) is 3.52. The van der Waals surface area contributed by atoms with Crippen LogP contribution in [0.1, 0.15) is 10.6 Å². The first-order valence-electron chi connectivity index (χ1n) is 10.5. The summed E-state index contributed by atoms with van der Waals surface area (Å²) in [6, 6.07) is 21.9. The quantitative estimate of drug-likeness (QED) is 0.140. The highest BCUT2D eigenvalue weighted by Crippen LogP contribution is 2.28. The molecule has 36 heavy (non-hydrogen) atoms. The fourth-order valence-electron chi connectivity index (χ4n) is 3.44. The van der Waals surface area contributed by atoms with Gasteiger partial charge >= 0.3 is 0 Å². The summed E-state index contributed by atoms with van der Waals surface area (Å²) in [5.41, 5.74) is 3.09. The minimum Gasteiger partial charge on any atom is -0.451 e. The number of hydrogen-bond acceptors (Lipinski definition) is 7. The van der Waals surface area contributed by atoms with Crippen molar-refractivity contribution in [1.29, 1.82) is 0 Å². The molecule has 0 aliphatic carbocycles. The molecule has 2 aromatic heterocycles. The van der Waals surface area contributed by atoms with Crippen molar-refractivity contribution in [2.24, 2.45) is 0 Å². The second kappa shape index (κ2) is 9.72. The molecular formula is C25H15BrN4O5S. The standard InChI is InChI=1S/C25H15BrN4O5S/c26-16-6-4-14(5-7-16)24-28-19-13-17(8-9-21(19)35-24)27-25(36)29-23(31)22-11-10-20(34-22)15-2-1-3-18(12-15)30(32)33/h1-13H,(H2,27,29,31,36). The zero-order valence-electron chi connectivity index (χ0n) is 18.2. The van der Waals surface area contributed by atoms with E-state index in [1.165, 1.54) is 18.2 Å². The molecule has 1 amide bonds. The summed E-state index contributed by atoms with van der Waals surface area (Å²) in [7, 11) is 0. The summed E-state index contributed by atoms with van der Waals surface area (Å²) in [6.07, 6.45) is 0. The van der Waals surface area contributed by atoms with Crippen molar-refractivity contribution >= 4 is 61.6 Å². The Labute approximate surface area is 217 Å². The zero-order valence-corrected chi connectivity index (χ0v) is 20.6. The van der Waals surface area contributed by atoms with Gasteiger partial charge in [-0.15, -0.1) is 0 Å². The van der Waals surface area contributed by atoms with E-state index in [2.05, 4.69) is 31.5 Å². The third kappa shape index (κ3) is 5.02. The molecule has 0 saturated heterocycles. The molecule has 178 valence electrons. The summed E-state index contributed by atoms with van der Waals surface area (Å²) in [5, 5.41) is 16.6. The average molecular weight is 563 g/mol. The smallest absolute Gasteiger partial charge is 0.293 e. The van der Waals surface area contributed by atoms with Gasteiger partial charge in [0.05, 0.1) is 4.92 Å². The number of thiocarbonyl (C=S) groups is 1. The van der Waals surface area contributed by atoms with Gasteiger partial charge in [-0.05, 0) is 66.8 Å². The number of benzene rings is 3. The number of amides is 1. The van der Waals surface area contributed by atoms with Crippen LogP contribution in [0.25, 0.3) is 33.9 Å². The second-order valence-electron chi connectivity index (χ2n) is 7.59. The van der Waals surface area contributed by atoms with Crippen molar-refractivity contribution in [1.82, 2.24) is 10.3 Å². The molecule has 3 aromatic carbocycles. The number of nitro benzene ring substituents is 1. The molecule has 0 spiro atoms. The SMILES string of the molecule is O=C(NC(=S)Nc1ccc2oc(-c3ccc(Br)cc3)nc2c1)c1ccc(-c2cccc([N+](=O)[O-])c2)o1. The number of carbonyl (C=O) groups is 1. The number of aromatic nitrogens is 1. The van der Waals surface area contributed by atoms with Gasteiger partial charge in [-0.2, -0.15) is 0 Å². The predicted octanol–water partition coefficient (Wildman–Crippen LogP) is 6.55. The van der Waals surface area contributed by atoms with Crippen LogP contribution in [0.3, 0.4) is 0 Å². The second-order valence-corrected chi connectivity index (χ2v) is 8.91. The Bertz CT molecular complexity index is 1630. The third-order valence-electron chi connectivity index (χ3n) is 5.13. The normalized spacial score (nSPS) is 10.8. The number of nitrogens with one attached hydrogen (secondary N) is 2. The van der Waals surface area contributed by atoms with Crippen LogP contribution in [0, 0.1) is 10.1 Å². The van der Waals surface area contributed by atoms with Gasteiger partial charge in [0.25, 0.3) is 11.6 Å². The molecule has 0 aliphatic heterocycles. The van der Waals surface area contributed by atoms with E-state index < -0.39 is 10.8 Å². The van der Waals surface area contributed by atoms with E-state index in [9.17, 15) is 14.9 Å². The Morgan fingerprint density at radius 1 is 0.972 bits per heavy atom. The molecule has 0 atom stereocenters. The molecule has 5 rings (SSSR count). The number of furan rings is 1. The van der Waals surface area contributed by atoms with Gasteiger partial charge in [0.15, 0.2) is 16.5 Å². The van der Waals surface area contributed by atoms with Crippen LogP contribution in [0.5, 0.6) is 0 Å². The van der Waals surface area contributed by atoms with Gasteiger partial charge in [-0.3, -0.25) is 20.2 Å². The predicted molar refractivity (Wildman–Crippen MR) is 142 cm³/mol. The van der Waals surface area contributed by atoms with Crippen LogP contribution in [0.15, 0.2) is 92.2 Å². The van der Waals surface area contributed by atoms with Crippen molar-refractivity contribution in [3.63, 3.8) is 0 Å². The number of rotatable bonds is 5. The number of halogens is 1. The molecule has 0 radical (unpaired) electrons. The van der Waals surface area contributed by atoms with Crippen molar-refractivity contribution in [3.05, 3.63) is 99.2 Å². The van der Waals surface area contributed by atoms with Gasteiger partial charge < -0.3 is 14.2 Å². The molecule has 5 aromatic rings. The number of nitro groups is 1. The van der Waals surface area contributed by atoms with Gasteiger partial charge in [-0.25, -0.2) is 4.98 Å². The van der Waals surface area contributed by atoms with Gasteiger partial charge in [0, 0.05) is 33.4 Å². The molecule has 0 unspecified atom stereocenters. The summed E-state index contributed by atoms with van der Waals surface area (Å²) in [4.78, 5) is 27.6. The minimum absolute atomic E-state index is 0.00625. The molecule has 2 heterocycles. The molecule has 11 heteroatoms. The monoisotopic (exact) mass is 562 g/mol. The first-order valence-corrected chi connectivity index (χ1v) is 11.7. The number of oxazole rings is 1. The Morgan fingerprint density at radius 3 is 2.56 bits per heavy atom. The van der Waals surface area contributed by atoms with E-state index in [-0.39, 0.29) is 16.6 Å². The largest absolute Gasteiger partial charge is 0.451 e. The van der Waals surface area contributed by atoms with Gasteiger partial charge in [0.1, 0.15) is 11.3 Å². The Kier molecular flexibility index (Phi) is 6.32. The number of fused-ring (bicyclic) bond motifs is 1. The summed E-state index contributed by atoms with van der Waals surface area (Å²) < 4.78 is 12.4. The highest BCUT2D eigenvalue weighted by atomic mass is 79.9. The van der Waals surface area contributed by atoms with Gasteiger partial charge in [0.2, 0.25) is 5.89 Å². The number of non-ortho nitro benzene ring substituents is 1. The van der Waals surface area contributed by atoms with Crippen LogP contribution < -0.4 is 10.6 Å². The highest BCUT2D eigenvalue weighted by Gasteiger charge is 2.16. The van der Waals surface area contributed by atoms with Crippen LogP contribution in [0.4, 0.5) is 11.4 Å². The maximum Gasteiger partial charge on any atom is 0.293 e. The van der Waals surface area contributed by atoms with Crippen molar-refractivity contribution < 1.29 is 18.6 Å². The van der Waals surface area contributed by atoms with Crippen LogP contribution in [-0.4, -0.2) is 20.9 Å². The molecule has 0 saturated carbocycles. The number of nitrogens with zero attached hydrogens (tertiary/aromatic N) is 2. The summed E-state index contributed by atoms with van der Waals surface area (Å²) in [5.74, 6) is 0.250. The minimum atomic E-state index is -0.566. The third-order valence-corrected chi connectivity index (χ3v) is 5.87. The van der Waals surface area contributed by atoms with Crippen molar-refractivity contribution in [2.45, 2.75) is 0 Å². The molecule has 0 aliphatic rings. The molecular weight excluding hydrogens is 548 g/mol. The number of anilines is 1. The number of carbonyl (C=O) groups excluding carboxylic acids is 1. The Balaban J connectivity index is 1.26. The zero-order chi connectivity index (χ0) is 25.2. The van der Waals surface area contributed by atoms with E-state index in [1.54, 1.807) is 36.4 Å². The lowest BCUT2D eigenvalue weighted by Crippen LogP contribution is -2.33. The Hall–Kier alpha value is -4.35. The fourth-order valence-corrected chi connectivity index (χ4v) is 3.91. The molecule has 2 N–H and O–H groups in total. The lowest BCUT2D eigenvalue weighted by atomic mass is 10.1. The lowest BCUT2D eigenvalue weighted by molar-refractivity contribution is -0.384. The van der Waals surface area contributed by atoms with Crippen LogP contribution in [0.2, 0.25) is 0 Å². The molecule has 0 fully saturated rings. The first-order chi connectivity index (χ1) is 17.4. The highest BCUT2D eigenvalue weighted by molar-refractivity contribution is 9.10. The van der Waals surface area contributed by atoms with E-state index in [0.29, 0.717) is 34.0 Å². The maximum absolute atomic E-state index is 12.6.